The largest absolute Gasteiger partial charge is 0.468 e. The molecule has 0 bridgehead atoms. The summed E-state index contributed by atoms with van der Waals surface area (Å²) in [5, 5.41) is 7.73. The van der Waals surface area contributed by atoms with E-state index in [-0.39, 0.29) is 36.0 Å². The second-order valence-electron chi connectivity index (χ2n) is 9.80. The topological polar surface area (TPSA) is 86.5 Å². The molecule has 1 amide bonds. The number of nitrogens with zero attached hydrogens (tertiary/aromatic N) is 1. The van der Waals surface area contributed by atoms with E-state index in [0.717, 1.165) is 18.4 Å². The zero-order valence-electron chi connectivity index (χ0n) is 20.6. The highest BCUT2D eigenvalue weighted by molar-refractivity contribution is 5.87. The molecule has 3 heterocycles. The van der Waals surface area contributed by atoms with Gasteiger partial charge in [-0.05, 0) is 37.0 Å². The second-order valence-corrected chi connectivity index (χ2v) is 9.80. The summed E-state index contributed by atoms with van der Waals surface area (Å²) < 4.78 is 5.33. The zero-order valence-corrected chi connectivity index (χ0v) is 20.6. The molecule has 1 saturated heterocycles. The van der Waals surface area contributed by atoms with Crippen molar-refractivity contribution in [1.29, 1.82) is 0 Å². The predicted molar refractivity (Wildman–Crippen MR) is 136 cm³/mol. The molecule has 0 radical (unpaired) electrons. The van der Waals surface area contributed by atoms with Gasteiger partial charge in [0.1, 0.15) is 6.04 Å². The van der Waals surface area contributed by atoms with Crippen molar-refractivity contribution in [3.8, 4) is 0 Å². The number of rotatable bonds is 6. The molecule has 4 unspecified atom stereocenters. The summed E-state index contributed by atoms with van der Waals surface area (Å²) in [6.07, 6.45) is 2.38. The molecule has 35 heavy (non-hydrogen) atoms. The van der Waals surface area contributed by atoms with Crippen LogP contribution in [-0.2, 0) is 20.7 Å². The SMILES string of the molecule is COC(=O)C1Cc2c([nH]c3ccccc23)C2CC(NCCNC(C)=O)CC(c3ccc(C)cc3)N12. The Bertz CT molecular complexity index is 1220. The van der Waals surface area contributed by atoms with Gasteiger partial charge in [-0.25, -0.2) is 0 Å². The van der Waals surface area contributed by atoms with Gasteiger partial charge in [0.15, 0.2) is 0 Å². The highest BCUT2D eigenvalue weighted by atomic mass is 16.5. The number of piperidine rings is 1. The Labute approximate surface area is 206 Å². The average molecular weight is 475 g/mol. The van der Waals surface area contributed by atoms with Crippen LogP contribution in [0.3, 0.4) is 0 Å². The number of carbonyl (C=O) groups is 2. The Hall–Kier alpha value is -3.16. The van der Waals surface area contributed by atoms with Crippen LogP contribution in [0.25, 0.3) is 10.9 Å². The average Bonchev–Trinajstić information content (AvgIpc) is 3.24. The van der Waals surface area contributed by atoms with Gasteiger partial charge in [-0.1, -0.05) is 48.0 Å². The molecule has 0 aliphatic carbocycles. The Kier molecular flexibility index (Phi) is 6.62. The van der Waals surface area contributed by atoms with Crippen molar-refractivity contribution in [3.63, 3.8) is 0 Å². The Morgan fingerprint density at radius 3 is 2.54 bits per heavy atom. The molecular weight excluding hydrogens is 440 g/mol. The summed E-state index contributed by atoms with van der Waals surface area (Å²) in [7, 11) is 1.49. The van der Waals surface area contributed by atoms with Crippen LogP contribution in [0.15, 0.2) is 48.5 Å². The maximum Gasteiger partial charge on any atom is 0.323 e. The van der Waals surface area contributed by atoms with Crippen molar-refractivity contribution >= 4 is 22.8 Å². The lowest BCUT2D eigenvalue weighted by atomic mass is 9.79. The van der Waals surface area contributed by atoms with Crippen molar-refractivity contribution in [2.24, 2.45) is 0 Å². The zero-order chi connectivity index (χ0) is 24.5. The molecule has 4 atom stereocenters. The predicted octanol–water partition coefficient (Wildman–Crippen LogP) is 3.55. The molecule has 3 N–H and O–H groups in total. The Morgan fingerprint density at radius 1 is 1.06 bits per heavy atom. The van der Waals surface area contributed by atoms with E-state index in [4.69, 9.17) is 4.74 Å². The Morgan fingerprint density at radius 2 is 1.80 bits per heavy atom. The number of aromatic nitrogens is 1. The summed E-state index contributed by atoms with van der Waals surface area (Å²) in [5.41, 5.74) is 5.96. The van der Waals surface area contributed by atoms with Crippen LogP contribution in [-0.4, -0.2) is 54.0 Å². The van der Waals surface area contributed by atoms with Crippen LogP contribution in [0.1, 0.15) is 54.2 Å². The number of methoxy groups -OCH3 is 1. The lowest BCUT2D eigenvalue weighted by Crippen LogP contribution is -2.56. The third-order valence-electron chi connectivity index (χ3n) is 7.54. The van der Waals surface area contributed by atoms with Crippen LogP contribution < -0.4 is 10.6 Å². The molecule has 5 rings (SSSR count). The number of H-pyrrole nitrogens is 1. The van der Waals surface area contributed by atoms with Gasteiger partial charge in [0.25, 0.3) is 0 Å². The molecule has 2 aliphatic rings. The molecular formula is C28H34N4O3. The summed E-state index contributed by atoms with van der Waals surface area (Å²) in [4.78, 5) is 30.5. The van der Waals surface area contributed by atoms with Crippen molar-refractivity contribution < 1.29 is 14.3 Å². The maximum atomic E-state index is 13.1. The van der Waals surface area contributed by atoms with E-state index in [9.17, 15) is 9.59 Å². The van der Waals surface area contributed by atoms with Gasteiger partial charge in [0.05, 0.1) is 13.2 Å². The molecule has 3 aromatic rings. The van der Waals surface area contributed by atoms with Gasteiger partial charge < -0.3 is 20.4 Å². The van der Waals surface area contributed by atoms with Gasteiger partial charge in [-0.2, -0.15) is 0 Å². The number of amides is 1. The fourth-order valence-corrected chi connectivity index (χ4v) is 5.94. The number of para-hydroxylation sites is 1. The van der Waals surface area contributed by atoms with E-state index < -0.39 is 0 Å². The molecule has 1 fully saturated rings. The van der Waals surface area contributed by atoms with E-state index in [2.05, 4.69) is 69.9 Å². The van der Waals surface area contributed by atoms with E-state index in [1.54, 1.807) is 6.92 Å². The third-order valence-corrected chi connectivity index (χ3v) is 7.54. The number of carbonyl (C=O) groups excluding carboxylic acids is 2. The lowest BCUT2D eigenvalue weighted by molar-refractivity contribution is -0.152. The fourth-order valence-electron chi connectivity index (χ4n) is 5.94. The molecule has 2 aliphatic heterocycles. The van der Waals surface area contributed by atoms with E-state index in [0.29, 0.717) is 19.5 Å². The minimum atomic E-state index is -0.344. The van der Waals surface area contributed by atoms with Crippen molar-refractivity contribution in [2.75, 3.05) is 20.2 Å². The summed E-state index contributed by atoms with van der Waals surface area (Å²) in [6.45, 7) is 4.93. The number of benzene rings is 2. The molecule has 7 nitrogen and oxygen atoms in total. The van der Waals surface area contributed by atoms with Gasteiger partial charge >= 0.3 is 5.97 Å². The third kappa shape index (κ3) is 4.58. The molecule has 184 valence electrons. The molecule has 1 aromatic heterocycles. The van der Waals surface area contributed by atoms with Crippen molar-refractivity contribution in [3.05, 3.63) is 70.9 Å². The first-order valence-corrected chi connectivity index (χ1v) is 12.5. The minimum Gasteiger partial charge on any atom is -0.468 e. The quantitative estimate of drug-likeness (QED) is 0.376. The van der Waals surface area contributed by atoms with Crippen LogP contribution in [0.5, 0.6) is 0 Å². The van der Waals surface area contributed by atoms with Gasteiger partial charge in [-0.15, -0.1) is 0 Å². The first-order valence-electron chi connectivity index (χ1n) is 12.5. The number of nitrogens with one attached hydrogen (secondary N) is 3. The molecule has 0 saturated carbocycles. The maximum absolute atomic E-state index is 13.1. The highest BCUT2D eigenvalue weighted by Crippen LogP contribution is 2.48. The van der Waals surface area contributed by atoms with Gasteiger partial charge in [0, 0.05) is 55.1 Å². The van der Waals surface area contributed by atoms with Gasteiger partial charge in [0.2, 0.25) is 5.91 Å². The van der Waals surface area contributed by atoms with Crippen LogP contribution in [0.4, 0.5) is 0 Å². The Balaban J connectivity index is 1.55. The summed E-state index contributed by atoms with van der Waals surface area (Å²) >= 11 is 0. The fraction of sp³-hybridized carbons (Fsp3) is 0.429. The first kappa shape index (κ1) is 23.6. The van der Waals surface area contributed by atoms with E-state index >= 15 is 0 Å². The number of aryl methyl sites for hydroxylation is 1. The van der Waals surface area contributed by atoms with Crippen LogP contribution in [0.2, 0.25) is 0 Å². The smallest absolute Gasteiger partial charge is 0.323 e. The number of esters is 1. The number of hydrogen-bond donors (Lipinski definition) is 3. The van der Waals surface area contributed by atoms with E-state index in [1.165, 1.54) is 34.9 Å². The minimum absolute atomic E-state index is 0.0185. The van der Waals surface area contributed by atoms with Crippen molar-refractivity contribution in [1.82, 2.24) is 20.5 Å². The van der Waals surface area contributed by atoms with Crippen molar-refractivity contribution in [2.45, 2.75) is 57.3 Å². The normalized spacial score (nSPS) is 24.0. The highest BCUT2D eigenvalue weighted by Gasteiger charge is 2.48. The number of fused-ring (bicyclic) bond motifs is 5. The number of aromatic amines is 1. The number of ether oxygens (including phenoxy) is 1. The van der Waals surface area contributed by atoms with Crippen LogP contribution in [0, 0.1) is 6.92 Å². The first-order chi connectivity index (χ1) is 17.0. The second kappa shape index (κ2) is 9.84. The standard InChI is InChI=1S/C28H34N4O3/c1-17-8-10-19(11-9-17)24-14-20(30-13-12-29-18(2)33)15-25-27-22(16-26(32(24)25)28(34)35-3)21-6-4-5-7-23(21)31-27/h4-11,20,24-26,30-31H,12-16H2,1-3H3,(H,29,33). The molecule has 7 heteroatoms. The summed E-state index contributed by atoms with van der Waals surface area (Å²) in [5.74, 6) is -0.199. The monoisotopic (exact) mass is 474 g/mol. The van der Waals surface area contributed by atoms with Crippen LogP contribution >= 0.6 is 0 Å². The number of hydrogen-bond acceptors (Lipinski definition) is 5. The van der Waals surface area contributed by atoms with E-state index in [1.807, 2.05) is 6.07 Å². The van der Waals surface area contributed by atoms with Gasteiger partial charge in [-0.3, -0.25) is 14.5 Å². The molecule has 0 spiro atoms. The molecule has 2 aromatic carbocycles. The summed E-state index contributed by atoms with van der Waals surface area (Å²) in [6, 6.07) is 17.0. The lowest BCUT2D eigenvalue weighted by Gasteiger charge is -2.50.